The molecule has 1 aromatic rings. The smallest absolute Gasteiger partial charge is 0.250 e. The normalized spacial score (nSPS) is 11.2. The number of nitrogens with zero attached hydrogens (tertiary/aromatic N) is 1. The van der Waals surface area contributed by atoms with Crippen molar-refractivity contribution in [1.29, 1.82) is 0 Å². The van der Waals surface area contributed by atoms with Crippen molar-refractivity contribution in [3.63, 3.8) is 0 Å². The lowest BCUT2D eigenvalue weighted by Crippen LogP contribution is -2.18. The van der Waals surface area contributed by atoms with Crippen LogP contribution < -0.4 is 11.1 Å². The van der Waals surface area contributed by atoms with Crippen molar-refractivity contribution in [3.8, 4) is 0 Å². The zero-order valence-electron chi connectivity index (χ0n) is 9.81. The van der Waals surface area contributed by atoms with Crippen LogP contribution >= 0.6 is 11.6 Å². The van der Waals surface area contributed by atoms with Crippen molar-refractivity contribution >= 4 is 33.2 Å². The van der Waals surface area contributed by atoms with E-state index >= 15 is 0 Å². The number of anilines is 1. The van der Waals surface area contributed by atoms with Gasteiger partial charge in [0.05, 0.1) is 16.3 Å². The van der Waals surface area contributed by atoms with Gasteiger partial charge in [-0.05, 0) is 6.07 Å². The fourth-order valence-electron chi connectivity index (χ4n) is 1.17. The number of primary amides is 1. The molecule has 3 N–H and O–H groups in total. The standard InChI is InChI=1S/C10H14ClN3O3S/c1-2-18(16,17)4-3-13-10-8(11)5-7(6-14-10)9(12)15/h5-6H,2-4H2,1H3,(H2,12,15)(H,13,14). The molecule has 0 radical (unpaired) electrons. The van der Waals surface area contributed by atoms with Crippen LogP contribution in [0.25, 0.3) is 0 Å². The van der Waals surface area contributed by atoms with Gasteiger partial charge >= 0.3 is 0 Å². The van der Waals surface area contributed by atoms with E-state index in [9.17, 15) is 13.2 Å². The molecule has 1 rings (SSSR count). The summed E-state index contributed by atoms with van der Waals surface area (Å²) in [6, 6.07) is 1.38. The molecule has 1 amide bonds. The molecular weight excluding hydrogens is 278 g/mol. The van der Waals surface area contributed by atoms with Gasteiger partial charge in [0.15, 0.2) is 9.84 Å². The van der Waals surface area contributed by atoms with Crippen molar-refractivity contribution in [2.24, 2.45) is 5.73 Å². The van der Waals surface area contributed by atoms with E-state index in [0.717, 1.165) is 0 Å². The van der Waals surface area contributed by atoms with Gasteiger partial charge in [-0.1, -0.05) is 18.5 Å². The molecule has 0 saturated heterocycles. The Morgan fingerprint density at radius 1 is 1.56 bits per heavy atom. The fourth-order valence-corrected chi connectivity index (χ4v) is 2.11. The van der Waals surface area contributed by atoms with Crippen molar-refractivity contribution in [2.45, 2.75) is 6.92 Å². The van der Waals surface area contributed by atoms with Gasteiger partial charge in [-0.3, -0.25) is 4.79 Å². The van der Waals surface area contributed by atoms with Crippen LogP contribution in [0.5, 0.6) is 0 Å². The van der Waals surface area contributed by atoms with Gasteiger partial charge in [-0.2, -0.15) is 0 Å². The highest BCUT2D eigenvalue weighted by Crippen LogP contribution is 2.19. The second-order valence-electron chi connectivity index (χ2n) is 3.58. The molecule has 100 valence electrons. The number of aromatic nitrogens is 1. The number of rotatable bonds is 6. The number of hydrogen-bond donors (Lipinski definition) is 2. The van der Waals surface area contributed by atoms with Crippen molar-refractivity contribution in [1.82, 2.24) is 4.98 Å². The third-order valence-electron chi connectivity index (χ3n) is 2.27. The Hall–Kier alpha value is -1.34. The summed E-state index contributed by atoms with van der Waals surface area (Å²) in [5.74, 6) is -0.201. The Balaban J connectivity index is 2.67. The van der Waals surface area contributed by atoms with Crippen molar-refractivity contribution < 1.29 is 13.2 Å². The Morgan fingerprint density at radius 3 is 2.72 bits per heavy atom. The van der Waals surface area contributed by atoms with E-state index in [1.54, 1.807) is 6.92 Å². The van der Waals surface area contributed by atoms with E-state index in [2.05, 4.69) is 10.3 Å². The summed E-state index contributed by atoms with van der Waals surface area (Å²) < 4.78 is 22.5. The molecule has 1 aromatic heterocycles. The van der Waals surface area contributed by atoms with Gasteiger partial charge < -0.3 is 11.1 Å². The van der Waals surface area contributed by atoms with E-state index in [0.29, 0.717) is 5.82 Å². The summed E-state index contributed by atoms with van der Waals surface area (Å²) in [4.78, 5) is 14.8. The largest absolute Gasteiger partial charge is 0.368 e. The number of nitrogens with one attached hydrogen (secondary N) is 1. The Labute approximate surface area is 110 Å². The van der Waals surface area contributed by atoms with E-state index in [-0.39, 0.29) is 28.6 Å². The summed E-state index contributed by atoms with van der Waals surface area (Å²) >= 11 is 5.88. The van der Waals surface area contributed by atoms with Gasteiger partial charge in [0, 0.05) is 18.5 Å². The SMILES string of the molecule is CCS(=O)(=O)CCNc1ncc(C(N)=O)cc1Cl. The van der Waals surface area contributed by atoms with Gasteiger partial charge in [-0.15, -0.1) is 0 Å². The summed E-state index contributed by atoms with van der Waals surface area (Å²) in [6.07, 6.45) is 1.28. The Bertz CT molecular complexity index is 545. The number of hydrogen-bond acceptors (Lipinski definition) is 5. The molecular formula is C10H14ClN3O3S. The highest BCUT2D eigenvalue weighted by Gasteiger charge is 2.09. The number of carbonyl (C=O) groups is 1. The molecule has 0 aliphatic heterocycles. The highest BCUT2D eigenvalue weighted by atomic mass is 35.5. The Morgan fingerprint density at radius 2 is 2.22 bits per heavy atom. The predicted molar refractivity (Wildman–Crippen MR) is 70.6 cm³/mol. The highest BCUT2D eigenvalue weighted by molar-refractivity contribution is 7.91. The number of carbonyl (C=O) groups excluding carboxylic acids is 1. The van der Waals surface area contributed by atoms with Crippen LogP contribution in [0.1, 0.15) is 17.3 Å². The van der Waals surface area contributed by atoms with E-state index in [4.69, 9.17) is 17.3 Å². The molecule has 0 aromatic carbocycles. The summed E-state index contributed by atoms with van der Waals surface area (Å²) in [5, 5.41) is 3.02. The van der Waals surface area contributed by atoms with E-state index in [1.807, 2.05) is 0 Å². The minimum Gasteiger partial charge on any atom is -0.368 e. The first kappa shape index (κ1) is 14.7. The quantitative estimate of drug-likeness (QED) is 0.802. The second kappa shape index (κ2) is 6.01. The zero-order chi connectivity index (χ0) is 13.8. The monoisotopic (exact) mass is 291 g/mol. The molecule has 0 atom stereocenters. The Kier molecular flexibility index (Phi) is 4.92. The fraction of sp³-hybridized carbons (Fsp3) is 0.400. The lowest BCUT2D eigenvalue weighted by atomic mass is 10.3. The first-order chi connectivity index (χ1) is 8.35. The summed E-state index contributed by atoms with van der Waals surface area (Å²) in [5.41, 5.74) is 5.27. The topological polar surface area (TPSA) is 102 Å². The maximum Gasteiger partial charge on any atom is 0.250 e. The number of pyridine rings is 1. The zero-order valence-corrected chi connectivity index (χ0v) is 11.4. The molecule has 0 spiro atoms. The van der Waals surface area contributed by atoms with Crippen LogP contribution in [-0.2, 0) is 9.84 Å². The van der Waals surface area contributed by atoms with Crippen LogP contribution in [-0.4, -0.2) is 37.4 Å². The van der Waals surface area contributed by atoms with E-state index in [1.165, 1.54) is 12.3 Å². The number of sulfone groups is 1. The first-order valence-electron chi connectivity index (χ1n) is 5.25. The van der Waals surface area contributed by atoms with Gasteiger partial charge in [0.2, 0.25) is 5.91 Å². The lowest BCUT2D eigenvalue weighted by molar-refractivity contribution is 0.1000. The molecule has 8 heteroatoms. The number of nitrogens with two attached hydrogens (primary N) is 1. The van der Waals surface area contributed by atoms with Crippen LogP contribution in [0.4, 0.5) is 5.82 Å². The molecule has 0 aliphatic carbocycles. The summed E-state index contributed by atoms with van der Waals surface area (Å²) in [7, 11) is -3.03. The van der Waals surface area contributed by atoms with E-state index < -0.39 is 15.7 Å². The minimum absolute atomic E-state index is 0.000913. The van der Waals surface area contributed by atoms with Gasteiger partial charge in [0.1, 0.15) is 5.82 Å². The van der Waals surface area contributed by atoms with Crippen LogP contribution in [0, 0.1) is 0 Å². The minimum atomic E-state index is -3.03. The molecule has 18 heavy (non-hydrogen) atoms. The first-order valence-corrected chi connectivity index (χ1v) is 7.45. The van der Waals surface area contributed by atoms with Crippen LogP contribution in [0.15, 0.2) is 12.3 Å². The molecule has 0 aliphatic rings. The van der Waals surface area contributed by atoms with Crippen LogP contribution in [0.3, 0.4) is 0 Å². The average molecular weight is 292 g/mol. The number of amides is 1. The number of halogens is 1. The predicted octanol–water partition coefficient (Wildman–Crippen LogP) is 0.681. The van der Waals surface area contributed by atoms with Crippen molar-refractivity contribution in [3.05, 3.63) is 22.8 Å². The molecule has 0 saturated carbocycles. The second-order valence-corrected chi connectivity index (χ2v) is 6.46. The molecule has 1 heterocycles. The van der Waals surface area contributed by atoms with Crippen molar-refractivity contribution in [2.75, 3.05) is 23.4 Å². The molecule has 0 fully saturated rings. The molecule has 0 unspecified atom stereocenters. The van der Waals surface area contributed by atoms with Crippen LogP contribution in [0.2, 0.25) is 5.02 Å². The van der Waals surface area contributed by atoms with Gasteiger partial charge in [0.25, 0.3) is 0 Å². The summed E-state index contributed by atoms with van der Waals surface area (Å²) in [6.45, 7) is 1.79. The third-order valence-corrected chi connectivity index (χ3v) is 4.26. The third kappa shape index (κ3) is 4.15. The molecule has 6 nitrogen and oxygen atoms in total. The average Bonchev–Trinajstić information content (AvgIpc) is 2.31. The maximum absolute atomic E-state index is 11.3. The molecule has 0 bridgehead atoms. The lowest BCUT2D eigenvalue weighted by Gasteiger charge is -2.07. The van der Waals surface area contributed by atoms with Gasteiger partial charge in [-0.25, -0.2) is 13.4 Å². The maximum atomic E-state index is 11.3.